The molecule has 0 aliphatic carbocycles. The molecule has 0 aromatic heterocycles. The Hall–Kier alpha value is -1.63. The van der Waals surface area contributed by atoms with Crippen LogP contribution in [-0.4, -0.2) is 30.4 Å². The monoisotopic (exact) mass is 698 g/mol. The molecule has 4 aromatic rings. The zero-order valence-electron chi connectivity index (χ0n) is 24.2. The molecule has 0 aliphatic rings. The molecule has 0 bridgehead atoms. The normalized spacial score (nSPS) is 11.3. The van der Waals surface area contributed by atoms with Crippen LogP contribution >= 0.6 is 14.5 Å². The number of benzene rings is 4. The van der Waals surface area contributed by atoms with Crippen LogP contribution in [0.3, 0.4) is 0 Å². The number of hydrogen-bond donors (Lipinski definition) is 0. The summed E-state index contributed by atoms with van der Waals surface area (Å²) in [6.45, 7) is 9.33. The van der Waals surface area contributed by atoms with E-state index < -0.39 is 14.5 Å². The SMILES string of the molecule is CC[P+](CC)(Cc1ccc(C(=O)c2ccc(C[P+](CC)(CC)c3ccccc3)cc2)cc1)c1ccccc1.[Br-].[Br-]. The highest BCUT2D eigenvalue weighted by atomic mass is 79.9. The van der Waals surface area contributed by atoms with Crippen molar-refractivity contribution in [3.63, 3.8) is 0 Å². The van der Waals surface area contributed by atoms with Gasteiger partial charge in [-0.3, -0.25) is 4.79 Å². The van der Waals surface area contributed by atoms with Crippen LogP contribution in [0.25, 0.3) is 0 Å². The summed E-state index contributed by atoms with van der Waals surface area (Å²) in [4.78, 5) is 13.3. The van der Waals surface area contributed by atoms with Crippen LogP contribution in [0.4, 0.5) is 0 Å². The van der Waals surface area contributed by atoms with Crippen molar-refractivity contribution < 1.29 is 38.8 Å². The summed E-state index contributed by atoms with van der Waals surface area (Å²) in [5.41, 5.74) is 4.20. The summed E-state index contributed by atoms with van der Waals surface area (Å²) < 4.78 is 0. The lowest BCUT2D eigenvalue weighted by molar-refractivity contribution is -0.001000. The average molecular weight is 700 g/mol. The van der Waals surface area contributed by atoms with Crippen LogP contribution in [0.15, 0.2) is 109 Å². The van der Waals surface area contributed by atoms with Gasteiger partial charge in [0.1, 0.15) is 0 Å². The second kappa shape index (κ2) is 16.1. The van der Waals surface area contributed by atoms with Crippen LogP contribution < -0.4 is 44.6 Å². The molecule has 0 aliphatic heterocycles. The summed E-state index contributed by atoms with van der Waals surface area (Å²) in [5.74, 6) is 0.105. The average Bonchev–Trinajstić information content (AvgIpc) is 3.00. The fourth-order valence-corrected chi connectivity index (χ4v) is 12.7. The van der Waals surface area contributed by atoms with Crippen LogP contribution in [-0.2, 0) is 12.3 Å². The highest BCUT2D eigenvalue weighted by molar-refractivity contribution is 7.82. The van der Waals surface area contributed by atoms with Gasteiger partial charge in [-0.15, -0.1) is 0 Å². The molecule has 0 radical (unpaired) electrons. The molecular weight excluding hydrogens is 658 g/mol. The first-order valence-corrected chi connectivity index (χ1v) is 18.7. The third kappa shape index (κ3) is 7.80. The van der Waals surface area contributed by atoms with E-state index in [0.717, 1.165) is 23.5 Å². The highest BCUT2D eigenvalue weighted by Crippen LogP contribution is 2.60. The van der Waals surface area contributed by atoms with E-state index in [9.17, 15) is 4.79 Å². The van der Waals surface area contributed by atoms with E-state index >= 15 is 0 Å². The Bertz CT molecular complexity index is 1200. The maximum absolute atomic E-state index is 13.3. The first kappa shape index (κ1) is 34.6. The van der Waals surface area contributed by atoms with Gasteiger partial charge >= 0.3 is 0 Å². The van der Waals surface area contributed by atoms with Crippen molar-refractivity contribution in [2.75, 3.05) is 24.6 Å². The van der Waals surface area contributed by atoms with Gasteiger partial charge in [0.05, 0.1) is 62.1 Å². The molecule has 5 heteroatoms. The highest BCUT2D eigenvalue weighted by Gasteiger charge is 2.37. The standard InChI is InChI=1S/C35H42OP2.2BrH/c1-5-37(6-2,33-15-11-9-12-16-33)27-29-19-23-31(24-20-29)35(36)32-25-21-30(22-26-32)28-38(7-3,8-4)34-17-13-10-14-18-34;;/h9-26H,5-8,27-28H2,1-4H3;2*1H/q+2;;/p-2. The van der Waals surface area contributed by atoms with Gasteiger partial charge in [-0.25, -0.2) is 0 Å². The minimum absolute atomic E-state index is 0. The number of ketones is 1. The van der Waals surface area contributed by atoms with Gasteiger partial charge < -0.3 is 34.0 Å². The summed E-state index contributed by atoms with van der Waals surface area (Å²) in [7, 11) is -2.52. The van der Waals surface area contributed by atoms with E-state index in [1.54, 1.807) is 0 Å². The Kier molecular flexibility index (Phi) is 13.9. The molecule has 0 unspecified atom stereocenters. The lowest BCUT2D eigenvalue weighted by atomic mass is 10.0. The first-order chi connectivity index (χ1) is 18.5. The van der Waals surface area contributed by atoms with E-state index in [4.69, 9.17) is 0 Å². The third-order valence-electron chi connectivity index (χ3n) is 8.43. The largest absolute Gasteiger partial charge is 1.00 e. The van der Waals surface area contributed by atoms with Crippen molar-refractivity contribution in [3.8, 4) is 0 Å². The van der Waals surface area contributed by atoms with Gasteiger partial charge in [0.15, 0.2) is 5.78 Å². The minimum Gasteiger partial charge on any atom is -1.00 e. The van der Waals surface area contributed by atoms with Crippen LogP contribution in [0.2, 0.25) is 0 Å². The Morgan fingerprint density at radius 3 is 1.05 bits per heavy atom. The molecular formula is C35H42Br2OP2. The molecule has 0 amide bonds. The Morgan fingerprint density at radius 1 is 0.475 bits per heavy atom. The summed E-state index contributed by atoms with van der Waals surface area (Å²) in [5, 5.41) is 3.02. The van der Waals surface area contributed by atoms with E-state index in [1.807, 2.05) is 24.3 Å². The fraction of sp³-hybridized carbons (Fsp3) is 0.286. The Labute approximate surface area is 264 Å². The van der Waals surface area contributed by atoms with Crippen LogP contribution in [0.5, 0.6) is 0 Å². The van der Waals surface area contributed by atoms with E-state index in [2.05, 4.69) is 113 Å². The molecule has 212 valence electrons. The lowest BCUT2D eigenvalue weighted by Crippen LogP contribution is -3.00. The van der Waals surface area contributed by atoms with E-state index in [0.29, 0.717) is 0 Å². The van der Waals surface area contributed by atoms with Gasteiger partial charge in [0, 0.05) is 11.1 Å². The molecule has 4 aromatic carbocycles. The van der Waals surface area contributed by atoms with Gasteiger partial charge in [-0.2, -0.15) is 0 Å². The number of halogens is 2. The van der Waals surface area contributed by atoms with Gasteiger partial charge in [-0.1, -0.05) is 84.9 Å². The maximum Gasteiger partial charge on any atom is 0.193 e. The van der Waals surface area contributed by atoms with Crippen molar-refractivity contribution in [2.45, 2.75) is 40.0 Å². The quantitative estimate of drug-likeness (QED) is 0.164. The summed E-state index contributed by atoms with van der Waals surface area (Å²) >= 11 is 0. The van der Waals surface area contributed by atoms with Crippen molar-refractivity contribution in [1.29, 1.82) is 0 Å². The maximum atomic E-state index is 13.3. The van der Waals surface area contributed by atoms with Crippen molar-refractivity contribution in [2.24, 2.45) is 0 Å². The third-order valence-corrected chi connectivity index (χ3v) is 18.0. The van der Waals surface area contributed by atoms with Gasteiger partial charge in [-0.05, 0) is 63.1 Å². The summed E-state index contributed by atoms with van der Waals surface area (Å²) in [6.07, 6.45) is 6.98. The molecule has 0 saturated carbocycles. The number of hydrogen-bond acceptors (Lipinski definition) is 1. The van der Waals surface area contributed by atoms with Crippen LogP contribution in [0.1, 0.15) is 54.7 Å². The second-order valence-electron chi connectivity index (χ2n) is 10.3. The number of rotatable bonds is 12. The summed E-state index contributed by atoms with van der Waals surface area (Å²) in [6, 6.07) is 38.8. The lowest BCUT2D eigenvalue weighted by Gasteiger charge is -2.25. The van der Waals surface area contributed by atoms with Crippen molar-refractivity contribution >= 4 is 30.9 Å². The predicted octanol–water partition coefficient (Wildman–Crippen LogP) is 2.69. The Balaban J connectivity index is 0.00000280. The van der Waals surface area contributed by atoms with E-state index in [-0.39, 0.29) is 39.7 Å². The molecule has 0 atom stereocenters. The van der Waals surface area contributed by atoms with Gasteiger partial charge in [0.25, 0.3) is 0 Å². The molecule has 0 N–H and O–H groups in total. The molecule has 1 nitrogen and oxygen atoms in total. The molecule has 0 fully saturated rings. The van der Waals surface area contributed by atoms with E-state index in [1.165, 1.54) is 46.4 Å². The van der Waals surface area contributed by atoms with Gasteiger partial charge in [0.2, 0.25) is 0 Å². The molecule has 0 saturated heterocycles. The second-order valence-corrected chi connectivity index (χ2v) is 19.0. The zero-order chi connectivity index (χ0) is 27.0. The van der Waals surface area contributed by atoms with Crippen molar-refractivity contribution in [3.05, 3.63) is 131 Å². The molecule has 0 spiro atoms. The fourth-order valence-electron chi connectivity index (χ4n) is 5.68. The smallest absolute Gasteiger partial charge is 0.193 e. The predicted molar refractivity (Wildman–Crippen MR) is 172 cm³/mol. The topological polar surface area (TPSA) is 17.1 Å². The van der Waals surface area contributed by atoms with Crippen LogP contribution in [0, 0.1) is 0 Å². The first-order valence-electron chi connectivity index (χ1n) is 14.0. The zero-order valence-corrected chi connectivity index (χ0v) is 29.2. The number of carbonyl (C=O) groups is 1. The Morgan fingerprint density at radius 2 is 0.775 bits per heavy atom. The number of carbonyl (C=O) groups excluding carboxylic acids is 1. The minimum atomic E-state index is -1.26. The van der Waals surface area contributed by atoms with Crippen molar-refractivity contribution in [1.82, 2.24) is 0 Å². The molecule has 4 rings (SSSR count). The molecule has 40 heavy (non-hydrogen) atoms. The molecule has 0 heterocycles.